The monoisotopic (exact) mass is 547 g/mol. The van der Waals surface area contributed by atoms with Crippen LogP contribution in [0.2, 0.25) is 0 Å². The maximum Gasteiger partial charge on any atom is 0.311 e. The zero-order chi connectivity index (χ0) is 28.5. The molecular weight excluding hydrogens is 516 g/mol. The number of ketones is 1. The quantitative estimate of drug-likeness (QED) is 0.369. The molecule has 11 nitrogen and oxygen atoms in total. The lowest BCUT2D eigenvalue weighted by Gasteiger charge is -2.41. The minimum Gasteiger partial charge on any atom is -0.383 e. The van der Waals surface area contributed by atoms with Gasteiger partial charge in [0.05, 0.1) is 18.7 Å². The molecule has 1 atom stereocenters. The van der Waals surface area contributed by atoms with Gasteiger partial charge < -0.3 is 20.3 Å². The highest BCUT2D eigenvalue weighted by atomic mass is 19.1. The number of likely N-dealkylation sites (N-methyl/N-ethyl adjacent to an activating group) is 1. The molecule has 1 aromatic carbocycles. The number of carbonyl (C=O) groups is 5. The van der Waals surface area contributed by atoms with E-state index in [0.717, 1.165) is 9.80 Å². The van der Waals surface area contributed by atoms with Crippen molar-refractivity contribution in [1.29, 1.82) is 0 Å². The molecule has 1 aliphatic carbocycles. The first kappa shape index (κ1) is 28.3. The van der Waals surface area contributed by atoms with Crippen molar-refractivity contribution >= 4 is 35.2 Å². The standard InChI is InChI=1S/C26H31F2N5O6/c1-15-12-16(4-5-17(15)27)13-29-20(35)18-19(34)22(37)33-14-25(28)6-8-26(9-7-25,24(33)30-18)31-21(36)23(38)32(2)10-11-39-3/h4-5,12,18H,6-11,13-14H2,1-3H3,(H,29,35)(H,31,36). The topological polar surface area (TPSA) is 137 Å². The van der Waals surface area contributed by atoms with Gasteiger partial charge in [0.2, 0.25) is 0 Å². The van der Waals surface area contributed by atoms with Crippen LogP contribution in [0.4, 0.5) is 8.78 Å². The van der Waals surface area contributed by atoms with Crippen LogP contribution in [0, 0.1) is 12.7 Å². The van der Waals surface area contributed by atoms with E-state index in [4.69, 9.17) is 4.74 Å². The molecule has 0 aromatic heterocycles. The first-order chi connectivity index (χ1) is 18.4. The molecule has 2 saturated heterocycles. The Morgan fingerprint density at radius 2 is 1.90 bits per heavy atom. The third-order valence-corrected chi connectivity index (χ3v) is 7.54. The van der Waals surface area contributed by atoms with Crippen molar-refractivity contribution in [3.8, 4) is 0 Å². The number of hydrogen-bond donors (Lipinski definition) is 2. The Morgan fingerprint density at radius 1 is 1.21 bits per heavy atom. The Bertz CT molecular complexity index is 1240. The molecule has 3 heterocycles. The number of aryl methyl sites for hydroxylation is 1. The van der Waals surface area contributed by atoms with Crippen molar-refractivity contribution < 1.29 is 37.5 Å². The third-order valence-electron chi connectivity index (χ3n) is 7.54. The van der Waals surface area contributed by atoms with Crippen LogP contribution in [0.1, 0.15) is 36.8 Å². The number of alkyl halides is 1. The summed E-state index contributed by atoms with van der Waals surface area (Å²) in [4.78, 5) is 71.1. The van der Waals surface area contributed by atoms with Crippen LogP contribution in [0.5, 0.6) is 0 Å². The van der Waals surface area contributed by atoms with Gasteiger partial charge in [-0.25, -0.2) is 13.8 Å². The van der Waals surface area contributed by atoms with Gasteiger partial charge in [0.15, 0.2) is 6.04 Å². The minimum absolute atomic E-state index is 0.0182. The summed E-state index contributed by atoms with van der Waals surface area (Å²) >= 11 is 0. The zero-order valence-corrected chi connectivity index (χ0v) is 22.0. The molecule has 3 aliphatic heterocycles. The first-order valence-electron chi connectivity index (χ1n) is 12.6. The number of ether oxygens (including phenoxy) is 1. The molecule has 13 heteroatoms. The molecule has 210 valence electrons. The number of nitrogens with zero attached hydrogens (tertiary/aromatic N) is 3. The van der Waals surface area contributed by atoms with E-state index in [1.54, 1.807) is 6.92 Å². The molecule has 4 aliphatic rings. The van der Waals surface area contributed by atoms with Crippen LogP contribution in [-0.4, -0.2) is 96.2 Å². The summed E-state index contributed by atoms with van der Waals surface area (Å²) in [5.74, 6) is -5.47. The normalized spacial score (nSPS) is 25.9. The Labute approximate surface area is 223 Å². The summed E-state index contributed by atoms with van der Waals surface area (Å²) < 4.78 is 34.1. The SMILES string of the molecule is COCCN(C)C(=O)C(=O)NC12CCC(F)(CC1)CN1C(=O)C(=O)C(C(=O)NCc3ccc(F)c(C)c3)N=C12. The number of rotatable bonds is 7. The van der Waals surface area contributed by atoms with Gasteiger partial charge in [-0.3, -0.25) is 28.9 Å². The van der Waals surface area contributed by atoms with E-state index in [-0.39, 0.29) is 51.2 Å². The number of nitrogens with one attached hydrogen (secondary N) is 2. The van der Waals surface area contributed by atoms with E-state index >= 15 is 4.39 Å². The number of carbonyl (C=O) groups excluding carboxylic acids is 5. The summed E-state index contributed by atoms with van der Waals surface area (Å²) in [5, 5.41) is 5.20. The van der Waals surface area contributed by atoms with Crippen LogP contribution >= 0.6 is 0 Å². The van der Waals surface area contributed by atoms with Crippen LogP contribution in [-0.2, 0) is 35.3 Å². The van der Waals surface area contributed by atoms with Crippen molar-refractivity contribution in [3.05, 3.63) is 35.1 Å². The highest BCUT2D eigenvalue weighted by Crippen LogP contribution is 2.44. The smallest absolute Gasteiger partial charge is 0.311 e. The van der Waals surface area contributed by atoms with Gasteiger partial charge in [-0.2, -0.15) is 0 Å². The molecule has 1 aromatic rings. The van der Waals surface area contributed by atoms with Gasteiger partial charge in [-0.15, -0.1) is 0 Å². The van der Waals surface area contributed by atoms with Gasteiger partial charge in [0, 0.05) is 27.2 Å². The first-order valence-corrected chi connectivity index (χ1v) is 12.6. The van der Waals surface area contributed by atoms with Gasteiger partial charge >= 0.3 is 11.8 Å². The lowest BCUT2D eigenvalue weighted by molar-refractivity contribution is -0.147. The van der Waals surface area contributed by atoms with Crippen LogP contribution < -0.4 is 10.6 Å². The minimum atomic E-state index is -1.81. The number of Topliss-reactive ketones (excluding diaryl/α,β-unsaturated/α-hetero) is 1. The maximum absolute atomic E-state index is 15.6. The van der Waals surface area contributed by atoms with Crippen molar-refractivity contribution in [3.63, 3.8) is 0 Å². The summed E-state index contributed by atoms with van der Waals surface area (Å²) in [7, 11) is 2.88. The van der Waals surface area contributed by atoms with Crippen LogP contribution in [0.3, 0.4) is 0 Å². The molecule has 2 bridgehead atoms. The highest BCUT2D eigenvalue weighted by Gasteiger charge is 2.58. The Kier molecular flexibility index (Phi) is 7.82. The molecule has 3 fully saturated rings. The average Bonchev–Trinajstić information content (AvgIpc) is 3.11. The predicted molar refractivity (Wildman–Crippen MR) is 134 cm³/mol. The summed E-state index contributed by atoms with van der Waals surface area (Å²) in [6.07, 6.45) is -0.0495. The lowest BCUT2D eigenvalue weighted by Crippen LogP contribution is -2.65. The van der Waals surface area contributed by atoms with E-state index in [1.807, 2.05) is 0 Å². The summed E-state index contributed by atoms with van der Waals surface area (Å²) in [6.45, 7) is 1.43. The fraction of sp³-hybridized carbons (Fsp3) is 0.538. The molecule has 5 rings (SSSR count). The van der Waals surface area contributed by atoms with Crippen molar-refractivity contribution in [2.24, 2.45) is 4.99 Å². The number of fused-ring (bicyclic) bond motifs is 2. The largest absolute Gasteiger partial charge is 0.383 e. The molecule has 4 amide bonds. The molecule has 1 saturated carbocycles. The molecule has 2 N–H and O–H groups in total. The number of methoxy groups -OCH3 is 1. The number of amides is 4. The summed E-state index contributed by atoms with van der Waals surface area (Å²) in [5.41, 5.74) is -2.30. The van der Waals surface area contributed by atoms with E-state index in [0.29, 0.717) is 11.1 Å². The second-order valence-corrected chi connectivity index (χ2v) is 10.3. The number of aliphatic imine (C=N–C) groups is 1. The van der Waals surface area contributed by atoms with Crippen LogP contribution in [0.15, 0.2) is 23.2 Å². The third kappa shape index (κ3) is 5.54. The Balaban J connectivity index is 1.62. The zero-order valence-electron chi connectivity index (χ0n) is 22.0. The van der Waals surface area contributed by atoms with Crippen LogP contribution in [0.25, 0.3) is 0 Å². The summed E-state index contributed by atoms with van der Waals surface area (Å²) in [6, 6.07) is 2.50. The van der Waals surface area contributed by atoms with Crippen molar-refractivity contribution in [1.82, 2.24) is 20.4 Å². The van der Waals surface area contributed by atoms with Gasteiger partial charge in [-0.05, 0) is 49.8 Å². The predicted octanol–water partition coefficient (Wildman–Crippen LogP) is 0.184. The molecule has 39 heavy (non-hydrogen) atoms. The van der Waals surface area contributed by atoms with E-state index in [9.17, 15) is 28.4 Å². The Morgan fingerprint density at radius 3 is 2.54 bits per heavy atom. The van der Waals surface area contributed by atoms with E-state index < -0.39 is 59.0 Å². The van der Waals surface area contributed by atoms with E-state index in [2.05, 4.69) is 15.6 Å². The number of benzene rings is 1. The number of halogens is 2. The molecular formula is C26H31F2N5O6. The second kappa shape index (κ2) is 10.8. The average molecular weight is 548 g/mol. The Hall–Kier alpha value is -3.74. The molecule has 0 radical (unpaired) electrons. The lowest BCUT2D eigenvalue weighted by atomic mass is 9.76. The fourth-order valence-corrected chi connectivity index (χ4v) is 5.15. The van der Waals surface area contributed by atoms with Gasteiger partial charge in [0.25, 0.3) is 17.6 Å². The van der Waals surface area contributed by atoms with Gasteiger partial charge in [-0.1, -0.05) is 12.1 Å². The van der Waals surface area contributed by atoms with Crippen molar-refractivity contribution in [2.45, 2.75) is 56.4 Å². The highest BCUT2D eigenvalue weighted by molar-refractivity contribution is 6.46. The van der Waals surface area contributed by atoms with Gasteiger partial charge in [0.1, 0.15) is 17.3 Å². The number of amidine groups is 1. The molecule has 1 unspecified atom stereocenters. The fourth-order valence-electron chi connectivity index (χ4n) is 5.15. The molecule has 0 spiro atoms. The van der Waals surface area contributed by atoms with Crippen molar-refractivity contribution in [2.75, 3.05) is 33.9 Å². The van der Waals surface area contributed by atoms with E-state index in [1.165, 1.54) is 32.4 Å². The number of hydrogen-bond acceptors (Lipinski definition) is 7. The second-order valence-electron chi connectivity index (χ2n) is 10.3. The maximum atomic E-state index is 15.6.